The first-order valence-corrected chi connectivity index (χ1v) is 9.99. The zero-order chi connectivity index (χ0) is 24.6. The van der Waals surface area contributed by atoms with Gasteiger partial charge in [0.05, 0.1) is 19.2 Å². The van der Waals surface area contributed by atoms with E-state index in [2.05, 4.69) is 10.3 Å². The highest BCUT2D eigenvalue weighted by atomic mass is 19.4. The zero-order valence-electron chi connectivity index (χ0n) is 18.2. The second-order valence-corrected chi connectivity index (χ2v) is 8.58. The molecule has 3 aromatic rings. The van der Waals surface area contributed by atoms with E-state index in [1.165, 1.54) is 51.3 Å². The van der Waals surface area contributed by atoms with Crippen LogP contribution in [0.3, 0.4) is 0 Å². The number of anilines is 1. The number of H-pyrrole nitrogens is 1. The Morgan fingerprint density at radius 2 is 1.82 bits per heavy atom. The predicted molar refractivity (Wildman–Crippen MR) is 115 cm³/mol. The Morgan fingerprint density at radius 3 is 2.42 bits per heavy atom. The van der Waals surface area contributed by atoms with Crippen LogP contribution in [0, 0.1) is 5.82 Å². The number of aromatic amines is 1. The minimum atomic E-state index is -5.00. The largest absolute Gasteiger partial charge is 0.496 e. The summed E-state index contributed by atoms with van der Waals surface area (Å²) in [5, 5.41) is 22.9. The van der Waals surface area contributed by atoms with Crippen molar-refractivity contribution in [1.29, 1.82) is 0 Å². The van der Waals surface area contributed by atoms with Crippen molar-refractivity contribution in [2.24, 2.45) is 0 Å². The second-order valence-electron chi connectivity index (χ2n) is 8.58. The molecule has 4 N–H and O–H groups in total. The number of carboxylic acid groups (broad SMARTS) is 1. The summed E-state index contributed by atoms with van der Waals surface area (Å²) in [6.07, 6.45) is -5.78. The molecule has 1 heterocycles. The average molecular weight is 468 g/mol. The maximum absolute atomic E-state index is 14.0. The van der Waals surface area contributed by atoms with Crippen molar-refractivity contribution < 1.29 is 37.3 Å². The first-order chi connectivity index (χ1) is 15.3. The number of methoxy groups -OCH3 is 1. The summed E-state index contributed by atoms with van der Waals surface area (Å²) in [7, 11) is 1.33. The van der Waals surface area contributed by atoms with Gasteiger partial charge >= 0.3 is 12.1 Å². The van der Waals surface area contributed by atoms with Crippen LogP contribution in [0.4, 0.5) is 23.4 Å². The lowest BCUT2D eigenvalue weighted by Gasteiger charge is -2.38. The Morgan fingerprint density at radius 1 is 1.12 bits per heavy atom. The van der Waals surface area contributed by atoms with Crippen molar-refractivity contribution in [3.8, 4) is 5.75 Å². The summed E-state index contributed by atoms with van der Waals surface area (Å²) in [5.41, 5.74) is -3.74. The normalized spacial score (nSPS) is 14.2. The number of fused-ring (bicyclic) bond motifs is 1. The summed E-state index contributed by atoms with van der Waals surface area (Å²) in [6.45, 7) is 2.05. The van der Waals surface area contributed by atoms with Gasteiger partial charge in [-0.25, -0.2) is 9.18 Å². The van der Waals surface area contributed by atoms with E-state index in [-0.39, 0.29) is 22.7 Å². The molecule has 0 spiro atoms. The average Bonchev–Trinajstić information content (AvgIpc) is 3.13. The fourth-order valence-electron chi connectivity index (χ4n) is 3.90. The predicted octanol–water partition coefficient (Wildman–Crippen LogP) is 5.09. The molecular weight excluding hydrogens is 444 g/mol. The molecule has 0 bridgehead atoms. The molecule has 0 radical (unpaired) electrons. The van der Waals surface area contributed by atoms with Gasteiger partial charge in [0.2, 0.25) is 0 Å². The molecule has 0 fully saturated rings. The number of alkyl halides is 3. The second kappa shape index (κ2) is 8.58. The Kier molecular flexibility index (Phi) is 6.34. The number of aromatic nitrogens is 1. The first kappa shape index (κ1) is 24.4. The van der Waals surface area contributed by atoms with Crippen LogP contribution in [0.15, 0.2) is 42.5 Å². The number of halogens is 4. The van der Waals surface area contributed by atoms with Crippen LogP contribution in [-0.4, -0.2) is 46.6 Å². The van der Waals surface area contributed by atoms with E-state index < -0.39 is 41.9 Å². The van der Waals surface area contributed by atoms with Gasteiger partial charge < -0.3 is 25.3 Å². The number of benzene rings is 2. The van der Waals surface area contributed by atoms with Crippen LogP contribution in [0.1, 0.15) is 36.2 Å². The summed E-state index contributed by atoms with van der Waals surface area (Å²) in [5.74, 6) is -1.37. The van der Waals surface area contributed by atoms with Crippen LogP contribution in [0.2, 0.25) is 0 Å². The van der Waals surface area contributed by atoms with Crippen LogP contribution in [0.5, 0.6) is 5.75 Å². The van der Waals surface area contributed by atoms with Gasteiger partial charge in [-0.05, 0) is 54.3 Å². The van der Waals surface area contributed by atoms with Crippen molar-refractivity contribution in [1.82, 2.24) is 4.98 Å². The Balaban J connectivity index is 1.88. The van der Waals surface area contributed by atoms with E-state index in [4.69, 9.17) is 9.84 Å². The van der Waals surface area contributed by atoms with Crippen molar-refractivity contribution >= 4 is 22.7 Å². The van der Waals surface area contributed by atoms with E-state index >= 15 is 0 Å². The van der Waals surface area contributed by atoms with Gasteiger partial charge in [-0.2, -0.15) is 13.2 Å². The number of carboxylic acids is 1. The van der Waals surface area contributed by atoms with Gasteiger partial charge in [0.1, 0.15) is 17.4 Å². The van der Waals surface area contributed by atoms with Crippen LogP contribution in [0.25, 0.3) is 10.9 Å². The minimum absolute atomic E-state index is 0.0330. The van der Waals surface area contributed by atoms with Gasteiger partial charge in [0, 0.05) is 16.5 Å². The summed E-state index contributed by atoms with van der Waals surface area (Å²) in [4.78, 5) is 14.0. The van der Waals surface area contributed by atoms with Crippen LogP contribution in [-0.2, 0) is 5.41 Å². The molecule has 10 heteroatoms. The number of ether oxygens (including phenoxy) is 1. The Bertz CT molecular complexity index is 1170. The lowest BCUT2D eigenvalue weighted by Crippen LogP contribution is -2.53. The Labute approximate surface area is 187 Å². The van der Waals surface area contributed by atoms with Crippen LogP contribution < -0.4 is 10.1 Å². The highest BCUT2D eigenvalue weighted by Crippen LogP contribution is 2.43. The monoisotopic (exact) mass is 468 g/mol. The smallest absolute Gasteiger partial charge is 0.418 e. The minimum Gasteiger partial charge on any atom is -0.496 e. The number of hydrogen-bond acceptors (Lipinski definition) is 4. The third-order valence-electron chi connectivity index (χ3n) is 5.59. The molecule has 0 saturated carbocycles. The van der Waals surface area contributed by atoms with Gasteiger partial charge in [0.15, 0.2) is 5.60 Å². The Hall–Kier alpha value is -3.27. The van der Waals surface area contributed by atoms with Crippen molar-refractivity contribution in [3.63, 3.8) is 0 Å². The molecule has 0 aliphatic rings. The first-order valence-electron chi connectivity index (χ1n) is 9.99. The number of carbonyl (C=O) groups is 1. The SMILES string of the molecule is COc1ccc(F)cc1C(C)(C)CC(O)(CNc1cc2cc(C(=O)O)ccc2[nH]1)C(F)(F)F. The number of hydrogen-bond donors (Lipinski definition) is 4. The lowest BCUT2D eigenvalue weighted by atomic mass is 9.74. The maximum Gasteiger partial charge on any atom is 0.418 e. The van der Waals surface area contributed by atoms with E-state index in [0.29, 0.717) is 10.9 Å². The quantitative estimate of drug-likeness (QED) is 0.346. The fourth-order valence-corrected chi connectivity index (χ4v) is 3.90. The number of rotatable bonds is 8. The van der Waals surface area contributed by atoms with Gasteiger partial charge in [-0.15, -0.1) is 0 Å². The molecule has 1 unspecified atom stereocenters. The summed E-state index contributed by atoms with van der Waals surface area (Å²) < 4.78 is 61.0. The topological polar surface area (TPSA) is 94.6 Å². The number of nitrogens with one attached hydrogen (secondary N) is 2. The molecule has 0 saturated heterocycles. The fraction of sp³-hybridized carbons (Fsp3) is 0.348. The van der Waals surface area contributed by atoms with E-state index in [1.54, 1.807) is 0 Å². The molecule has 178 valence electrons. The molecule has 0 amide bonds. The van der Waals surface area contributed by atoms with Gasteiger partial charge in [0.25, 0.3) is 0 Å². The summed E-state index contributed by atoms with van der Waals surface area (Å²) >= 11 is 0. The lowest BCUT2D eigenvalue weighted by molar-refractivity contribution is -0.260. The highest BCUT2D eigenvalue weighted by Gasteiger charge is 2.56. The number of aliphatic hydroxyl groups is 1. The van der Waals surface area contributed by atoms with E-state index in [9.17, 15) is 27.5 Å². The van der Waals surface area contributed by atoms with Gasteiger partial charge in [-0.1, -0.05) is 13.8 Å². The third-order valence-corrected chi connectivity index (χ3v) is 5.59. The van der Waals surface area contributed by atoms with Crippen LogP contribution >= 0.6 is 0 Å². The maximum atomic E-state index is 14.0. The van der Waals surface area contributed by atoms with Crippen molar-refractivity contribution in [2.75, 3.05) is 19.0 Å². The van der Waals surface area contributed by atoms with Crippen molar-refractivity contribution in [2.45, 2.75) is 37.5 Å². The molecule has 0 aliphatic carbocycles. The van der Waals surface area contributed by atoms with Crippen molar-refractivity contribution in [3.05, 3.63) is 59.4 Å². The van der Waals surface area contributed by atoms with E-state index in [1.807, 2.05) is 0 Å². The van der Waals surface area contributed by atoms with E-state index in [0.717, 1.165) is 12.1 Å². The molecule has 2 aromatic carbocycles. The standard InChI is InChI=1S/C23H24F4N2O4/c1-21(2,16-10-15(24)5-7-18(16)33-3)11-22(32,23(25,26)27)12-28-19-9-14-8-13(20(30)31)4-6-17(14)29-19/h4-10,28-29,32H,11-12H2,1-3H3,(H,30,31). The molecule has 6 nitrogen and oxygen atoms in total. The summed E-state index contributed by atoms with van der Waals surface area (Å²) in [6, 6.07) is 9.27. The molecule has 0 aliphatic heterocycles. The number of aromatic carboxylic acids is 1. The molecular formula is C23H24F4N2O4. The molecule has 1 atom stereocenters. The highest BCUT2D eigenvalue weighted by molar-refractivity contribution is 5.94. The molecule has 3 rings (SSSR count). The third kappa shape index (κ3) is 5.05. The zero-order valence-corrected chi connectivity index (χ0v) is 18.2. The van der Waals surface area contributed by atoms with Gasteiger partial charge in [-0.3, -0.25) is 0 Å². The molecule has 33 heavy (non-hydrogen) atoms. The molecule has 1 aromatic heterocycles.